The lowest BCUT2D eigenvalue weighted by Crippen LogP contribution is -2.05. The van der Waals surface area contributed by atoms with Crippen LogP contribution in [0.2, 0.25) is 0 Å². The molecule has 2 rings (SSSR count). The summed E-state index contributed by atoms with van der Waals surface area (Å²) in [5, 5.41) is 15.3. The summed E-state index contributed by atoms with van der Waals surface area (Å²) < 4.78 is 14.6. The highest BCUT2D eigenvalue weighted by atomic mass is 16.7. The Morgan fingerprint density at radius 2 is 1.17 bits per heavy atom. The number of carbonyl (C=O) groups is 4. The van der Waals surface area contributed by atoms with Gasteiger partial charge < -0.3 is 24.4 Å². The zero-order chi connectivity index (χ0) is 23.2. The van der Waals surface area contributed by atoms with E-state index in [9.17, 15) is 9.59 Å². The summed E-state index contributed by atoms with van der Waals surface area (Å²) in [6, 6.07) is 19.2. The van der Waals surface area contributed by atoms with Crippen LogP contribution in [0.3, 0.4) is 0 Å². The second-order valence-electron chi connectivity index (χ2n) is 5.16. The third-order valence-corrected chi connectivity index (χ3v) is 2.43. The number of methoxy groups -OCH3 is 1. The fourth-order valence-electron chi connectivity index (χ4n) is 1.41. The van der Waals surface area contributed by atoms with Crippen molar-refractivity contribution in [3.63, 3.8) is 0 Å². The molecule has 2 aromatic rings. The van der Waals surface area contributed by atoms with E-state index in [2.05, 4.69) is 4.74 Å². The third-order valence-electron chi connectivity index (χ3n) is 2.43. The highest BCUT2D eigenvalue weighted by Crippen LogP contribution is 2.11. The van der Waals surface area contributed by atoms with Crippen LogP contribution in [0.5, 0.6) is 11.5 Å². The van der Waals surface area contributed by atoms with Crippen LogP contribution in [-0.2, 0) is 23.9 Å². The SMILES string of the molecule is CC(=O)CC(=O)O.CC(=O)O.COC=O.c1ccc(OCOc2ccccc2)cc1. The molecule has 0 bridgehead atoms. The van der Waals surface area contributed by atoms with Crippen molar-refractivity contribution < 1.29 is 43.6 Å². The molecule has 2 aromatic carbocycles. The summed E-state index contributed by atoms with van der Waals surface area (Å²) in [5.41, 5.74) is 0. The summed E-state index contributed by atoms with van der Waals surface area (Å²) in [5.74, 6) is -0.582. The quantitative estimate of drug-likeness (QED) is 0.392. The van der Waals surface area contributed by atoms with Gasteiger partial charge in [-0.25, -0.2) is 0 Å². The van der Waals surface area contributed by atoms with E-state index in [-0.39, 0.29) is 19.0 Å². The number of rotatable bonds is 7. The Labute approximate surface area is 174 Å². The molecule has 0 aliphatic heterocycles. The molecule has 0 spiro atoms. The molecule has 30 heavy (non-hydrogen) atoms. The average Bonchev–Trinajstić information content (AvgIpc) is 2.69. The first-order chi connectivity index (χ1) is 14.2. The monoisotopic (exact) mass is 422 g/mol. The summed E-state index contributed by atoms with van der Waals surface area (Å²) >= 11 is 0. The van der Waals surface area contributed by atoms with Gasteiger partial charge >= 0.3 is 5.97 Å². The second-order valence-corrected chi connectivity index (χ2v) is 5.16. The Morgan fingerprint density at radius 1 is 0.833 bits per heavy atom. The van der Waals surface area contributed by atoms with Gasteiger partial charge in [0.25, 0.3) is 12.4 Å². The highest BCUT2D eigenvalue weighted by molar-refractivity contribution is 5.93. The first-order valence-electron chi connectivity index (χ1n) is 8.45. The summed E-state index contributed by atoms with van der Waals surface area (Å²) in [4.78, 5) is 37.4. The van der Waals surface area contributed by atoms with Gasteiger partial charge in [0.15, 0.2) is 0 Å². The molecule has 0 saturated carbocycles. The van der Waals surface area contributed by atoms with Crippen molar-refractivity contribution in [1.29, 1.82) is 0 Å². The van der Waals surface area contributed by atoms with Gasteiger partial charge in [0, 0.05) is 6.92 Å². The predicted molar refractivity (Wildman–Crippen MR) is 108 cm³/mol. The molecule has 0 aliphatic carbocycles. The van der Waals surface area contributed by atoms with E-state index in [4.69, 9.17) is 29.3 Å². The highest BCUT2D eigenvalue weighted by Gasteiger charge is 1.98. The predicted octanol–water partition coefficient (Wildman–Crippen LogP) is 3.03. The van der Waals surface area contributed by atoms with E-state index in [0.717, 1.165) is 18.4 Å². The smallest absolute Gasteiger partial charge is 0.310 e. The van der Waals surface area contributed by atoms with Crippen molar-refractivity contribution in [2.24, 2.45) is 0 Å². The maximum atomic E-state index is 9.87. The first kappa shape index (κ1) is 28.3. The van der Waals surface area contributed by atoms with Crippen LogP contribution in [-0.4, -0.2) is 48.3 Å². The lowest BCUT2D eigenvalue weighted by atomic mass is 10.3. The number of carboxylic acid groups (broad SMARTS) is 2. The van der Waals surface area contributed by atoms with Gasteiger partial charge in [0.1, 0.15) is 23.7 Å². The molecular weight excluding hydrogens is 396 g/mol. The van der Waals surface area contributed by atoms with E-state index >= 15 is 0 Å². The number of hydrogen-bond acceptors (Lipinski definition) is 7. The van der Waals surface area contributed by atoms with E-state index in [0.29, 0.717) is 6.47 Å². The van der Waals surface area contributed by atoms with Gasteiger partial charge in [-0.1, -0.05) is 36.4 Å². The summed E-state index contributed by atoms with van der Waals surface area (Å²) in [6.07, 6.45) is -0.361. The zero-order valence-electron chi connectivity index (χ0n) is 17.0. The van der Waals surface area contributed by atoms with Crippen LogP contribution in [0.4, 0.5) is 0 Å². The van der Waals surface area contributed by atoms with Crippen molar-refractivity contribution in [3.05, 3.63) is 60.7 Å². The average molecular weight is 422 g/mol. The van der Waals surface area contributed by atoms with Crippen molar-refractivity contribution >= 4 is 24.2 Å². The maximum absolute atomic E-state index is 9.87. The van der Waals surface area contributed by atoms with Crippen molar-refractivity contribution in [2.75, 3.05) is 13.9 Å². The molecule has 9 heteroatoms. The Morgan fingerprint density at radius 3 is 1.37 bits per heavy atom. The zero-order valence-corrected chi connectivity index (χ0v) is 17.0. The molecule has 0 aromatic heterocycles. The molecule has 0 unspecified atom stereocenters. The Kier molecular flexibility index (Phi) is 18.8. The fourth-order valence-corrected chi connectivity index (χ4v) is 1.41. The Hall–Kier alpha value is -3.88. The molecule has 0 aliphatic rings. The molecule has 0 amide bonds. The summed E-state index contributed by atoms with van der Waals surface area (Å²) in [7, 11) is 1.31. The van der Waals surface area contributed by atoms with Gasteiger partial charge in [-0.2, -0.15) is 0 Å². The molecule has 0 heterocycles. The minimum Gasteiger partial charge on any atom is -0.481 e. The van der Waals surface area contributed by atoms with Crippen LogP contribution in [0, 0.1) is 0 Å². The number of carboxylic acids is 2. The van der Waals surface area contributed by atoms with E-state index < -0.39 is 11.9 Å². The molecule has 0 radical (unpaired) electrons. The van der Waals surface area contributed by atoms with Crippen LogP contribution in [0.15, 0.2) is 60.7 Å². The van der Waals surface area contributed by atoms with Crippen molar-refractivity contribution in [1.82, 2.24) is 0 Å². The van der Waals surface area contributed by atoms with E-state index in [1.54, 1.807) is 0 Å². The molecule has 0 fully saturated rings. The van der Waals surface area contributed by atoms with Gasteiger partial charge in [-0.3, -0.25) is 19.2 Å². The molecule has 2 N–H and O–H groups in total. The van der Waals surface area contributed by atoms with Crippen LogP contribution in [0.1, 0.15) is 20.3 Å². The maximum Gasteiger partial charge on any atom is 0.310 e. The first-order valence-corrected chi connectivity index (χ1v) is 8.45. The second kappa shape index (κ2) is 19.9. The number of benzene rings is 2. The number of aliphatic carboxylic acids is 2. The number of Topliss-reactive ketones (excluding diaryl/α,β-unsaturated/α-hetero) is 1. The largest absolute Gasteiger partial charge is 0.481 e. The number of ketones is 1. The standard InChI is InChI=1S/C13H12O2.C4H6O3.2C2H4O2/c1-3-7-12(8-4-1)14-11-15-13-9-5-2-6-10-13;1-3(5)2-4(6)7;1-4-2-3;1-2(3)4/h1-10H,11H2;2H2,1H3,(H,6,7);2H,1H3;1H3,(H,3,4). The molecule has 0 atom stereocenters. The topological polar surface area (TPSA) is 136 Å². The van der Waals surface area contributed by atoms with Crippen molar-refractivity contribution in [2.45, 2.75) is 20.3 Å². The number of carbonyl (C=O) groups excluding carboxylic acids is 2. The number of para-hydroxylation sites is 2. The molecule has 0 saturated heterocycles. The van der Waals surface area contributed by atoms with Crippen LogP contribution in [0.25, 0.3) is 0 Å². The van der Waals surface area contributed by atoms with Gasteiger partial charge in [0.05, 0.1) is 7.11 Å². The molecule has 9 nitrogen and oxygen atoms in total. The van der Waals surface area contributed by atoms with Crippen molar-refractivity contribution in [3.8, 4) is 11.5 Å². The lowest BCUT2D eigenvalue weighted by Gasteiger charge is -2.07. The normalized spacial score (nSPS) is 8.23. The minimum atomic E-state index is -1.06. The Bertz CT molecular complexity index is 660. The van der Waals surface area contributed by atoms with E-state index in [1.807, 2.05) is 60.7 Å². The minimum absolute atomic E-state index is 0.230. The number of hydrogen-bond donors (Lipinski definition) is 2. The lowest BCUT2D eigenvalue weighted by molar-refractivity contribution is -0.140. The molecule has 164 valence electrons. The fraction of sp³-hybridized carbons (Fsp3) is 0.238. The van der Waals surface area contributed by atoms with Gasteiger partial charge in [-0.05, 0) is 31.2 Å². The summed E-state index contributed by atoms with van der Waals surface area (Å²) in [6.45, 7) is 2.93. The van der Waals surface area contributed by atoms with E-state index in [1.165, 1.54) is 14.0 Å². The third kappa shape index (κ3) is 24.1. The van der Waals surface area contributed by atoms with Gasteiger partial charge in [-0.15, -0.1) is 0 Å². The number of ether oxygens (including phenoxy) is 3. The van der Waals surface area contributed by atoms with Gasteiger partial charge in [0.2, 0.25) is 6.79 Å². The van der Waals surface area contributed by atoms with Crippen LogP contribution >= 0.6 is 0 Å². The van der Waals surface area contributed by atoms with Crippen LogP contribution < -0.4 is 9.47 Å². The Balaban J connectivity index is 0. The molecular formula is C21H26O9.